The van der Waals surface area contributed by atoms with E-state index in [-0.39, 0.29) is 0 Å². The Balaban J connectivity index is 2.52. The fourth-order valence-corrected chi connectivity index (χ4v) is 3.22. The van der Waals surface area contributed by atoms with Crippen LogP contribution in [0, 0.1) is 0 Å². The van der Waals surface area contributed by atoms with Crippen LogP contribution >= 0.6 is 27.7 Å². The molecule has 1 fully saturated rings. The van der Waals surface area contributed by atoms with E-state index in [0.29, 0.717) is 0 Å². The summed E-state index contributed by atoms with van der Waals surface area (Å²) in [5.74, 6) is -0.688. The Bertz CT molecular complexity index is 427. The number of carboxylic acids is 1. The van der Waals surface area contributed by atoms with Crippen molar-refractivity contribution in [1.29, 1.82) is 0 Å². The number of hydrogen-bond donors (Lipinski definition) is 1. The van der Waals surface area contributed by atoms with E-state index in [4.69, 9.17) is 0 Å². The average Bonchev–Trinajstić information content (AvgIpc) is 2.15. The maximum atomic E-state index is 11.5. The molecule has 1 N–H and O–H groups in total. The normalized spacial score (nSPS) is 17.9. The molecule has 1 aromatic rings. The van der Waals surface area contributed by atoms with Crippen LogP contribution < -0.4 is 0 Å². The summed E-state index contributed by atoms with van der Waals surface area (Å²) in [4.78, 5) is 12.5. The number of rotatable bonds is 3. The van der Waals surface area contributed by atoms with Gasteiger partial charge in [-0.2, -0.15) is 0 Å². The lowest BCUT2D eigenvalue weighted by Crippen LogP contribution is -2.42. The van der Waals surface area contributed by atoms with E-state index in [2.05, 4.69) is 15.9 Å². The van der Waals surface area contributed by atoms with Crippen LogP contribution in [-0.4, -0.2) is 17.3 Å². The molecule has 1 aliphatic carbocycles. The first kappa shape index (κ1) is 12.0. The van der Waals surface area contributed by atoms with E-state index in [1.165, 1.54) is 0 Å². The monoisotopic (exact) mass is 300 g/mol. The van der Waals surface area contributed by atoms with Gasteiger partial charge in [-0.05, 0) is 42.9 Å². The minimum Gasteiger partial charge on any atom is -0.481 e. The first-order chi connectivity index (χ1) is 7.60. The molecule has 0 spiro atoms. The lowest BCUT2D eigenvalue weighted by atomic mass is 9.64. The molecule has 0 unspecified atom stereocenters. The molecule has 0 heterocycles. The van der Waals surface area contributed by atoms with E-state index in [1.54, 1.807) is 11.8 Å². The standard InChI is InChI=1S/C12H13BrO2S/c1-16-10-4-3-8(13)7-9(10)12(11(14)15)5-2-6-12/h3-4,7H,2,5-6H2,1H3,(H,14,15). The van der Waals surface area contributed by atoms with E-state index < -0.39 is 11.4 Å². The fourth-order valence-electron chi connectivity index (χ4n) is 2.18. The summed E-state index contributed by atoms with van der Waals surface area (Å²) < 4.78 is 0.952. The van der Waals surface area contributed by atoms with Crippen molar-refractivity contribution < 1.29 is 9.90 Å². The van der Waals surface area contributed by atoms with Crippen molar-refractivity contribution in [2.75, 3.05) is 6.26 Å². The van der Waals surface area contributed by atoms with Gasteiger partial charge in [-0.15, -0.1) is 11.8 Å². The lowest BCUT2D eigenvalue weighted by Gasteiger charge is -2.39. The topological polar surface area (TPSA) is 37.3 Å². The van der Waals surface area contributed by atoms with Crippen molar-refractivity contribution in [3.63, 3.8) is 0 Å². The highest BCUT2D eigenvalue weighted by Crippen LogP contribution is 2.47. The molecular weight excluding hydrogens is 288 g/mol. The van der Waals surface area contributed by atoms with Crippen LogP contribution in [0.2, 0.25) is 0 Å². The Kier molecular flexibility index (Phi) is 3.31. The molecule has 0 amide bonds. The van der Waals surface area contributed by atoms with Crippen LogP contribution in [0.1, 0.15) is 24.8 Å². The SMILES string of the molecule is CSc1ccc(Br)cc1C1(C(=O)O)CCC1. The summed E-state index contributed by atoms with van der Waals surface area (Å²) >= 11 is 5.03. The number of benzene rings is 1. The maximum absolute atomic E-state index is 11.5. The molecule has 0 bridgehead atoms. The molecule has 2 rings (SSSR count). The second kappa shape index (κ2) is 4.41. The van der Waals surface area contributed by atoms with Gasteiger partial charge in [0, 0.05) is 9.37 Å². The summed E-state index contributed by atoms with van der Waals surface area (Å²) in [6.07, 6.45) is 4.51. The summed E-state index contributed by atoms with van der Waals surface area (Å²) in [6.45, 7) is 0. The van der Waals surface area contributed by atoms with Gasteiger partial charge in [0.25, 0.3) is 0 Å². The molecule has 16 heavy (non-hydrogen) atoms. The Labute approximate surface area is 108 Å². The quantitative estimate of drug-likeness (QED) is 0.865. The van der Waals surface area contributed by atoms with Crippen molar-refractivity contribution in [2.24, 2.45) is 0 Å². The lowest BCUT2D eigenvalue weighted by molar-refractivity contribution is -0.147. The van der Waals surface area contributed by atoms with Gasteiger partial charge in [-0.3, -0.25) is 4.79 Å². The van der Waals surface area contributed by atoms with E-state index in [0.717, 1.165) is 34.2 Å². The smallest absolute Gasteiger partial charge is 0.314 e. The summed E-state index contributed by atoms with van der Waals surface area (Å²) in [5, 5.41) is 9.42. The Hall–Kier alpha value is -0.480. The molecule has 4 heteroatoms. The average molecular weight is 301 g/mol. The van der Waals surface area contributed by atoms with Gasteiger partial charge in [0.2, 0.25) is 0 Å². The molecule has 0 radical (unpaired) electrons. The van der Waals surface area contributed by atoms with E-state index in [9.17, 15) is 9.90 Å². The molecule has 1 aromatic carbocycles. The van der Waals surface area contributed by atoms with Crippen molar-refractivity contribution in [3.05, 3.63) is 28.2 Å². The van der Waals surface area contributed by atoms with Crippen LogP contribution in [0.4, 0.5) is 0 Å². The van der Waals surface area contributed by atoms with Crippen LogP contribution in [0.5, 0.6) is 0 Å². The number of thioether (sulfide) groups is 1. The molecular formula is C12H13BrO2S. The third-order valence-corrected chi connectivity index (χ3v) is 4.58. The Morgan fingerprint density at radius 1 is 1.50 bits per heavy atom. The van der Waals surface area contributed by atoms with Gasteiger partial charge in [0.15, 0.2) is 0 Å². The Morgan fingerprint density at radius 3 is 2.62 bits per heavy atom. The highest BCUT2D eigenvalue weighted by molar-refractivity contribution is 9.10. The predicted molar refractivity (Wildman–Crippen MR) is 69.1 cm³/mol. The van der Waals surface area contributed by atoms with Crippen molar-refractivity contribution in [3.8, 4) is 0 Å². The number of carbonyl (C=O) groups is 1. The maximum Gasteiger partial charge on any atom is 0.314 e. The molecule has 86 valence electrons. The molecule has 1 aliphatic rings. The van der Waals surface area contributed by atoms with Crippen molar-refractivity contribution in [2.45, 2.75) is 29.6 Å². The van der Waals surface area contributed by atoms with Gasteiger partial charge >= 0.3 is 5.97 Å². The Morgan fingerprint density at radius 2 is 2.19 bits per heavy atom. The van der Waals surface area contributed by atoms with Crippen LogP contribution in [0.25, 0.3) is 0 Å². The van der Waals surface area contributed by atoms with Gasteiger partial charge in [0.05, 0.1) is 5.41 Å². The number of aliphatic carboxylic acids is 1. The third kappa shape index (κ3) is 1.78. The largest absolute Gasteiger partial charge is 0.481 e. The minimum absolute atomic E-state index is 0.637. The highest BCUT2D eigenvalue weighted by atomic mass is 79.9. The zero-order valence-electron chi connectivity index (χ0n) is 9.00. The van der Waals surface area contributed by atoms with Crippen LogP contribution in [-0.2, 0) is 10.2 Å². The first-order valence-electron chi connectivity index (χ1n) is 5.17. The number of hydrogen-bond acceptors (Lipinski definition) is 2. The van der Waals surface area contributed by atoms with Gasteiger partial charge in [-0.25, -0.2) is 0 Å². The minimum atomic E-state index is -0.688. The molecule has 0 aromatic heterocycles. The predicted octanol–water partition coefficient (Wildman–Crippen LogP) is 3.68. The van der Waals surface area contributed by atoms with Crippen molar-refractivity contribution in [1.82, 2.24) is 0 Å². The summed E-state index contributed by atoms with van der Waals surface area (Å²) in [6, 6.07) is 5.91. The second-order valence-corrected chi connectivity index (χ2v) is 5.85. The summed E-state index contributed by atoms with van der Waals surface area (Å²) in [7, 11) is 0. The van der Waals surface area contributed by atoms with Gasteiger partial charge in [-0.1, -0.05) is 22.4 Å². The van der Waals surface area contributed by atoms with Crippen molar-refractivity contribution >= 4 is 33.7 Å². The van der Waals surface area contributed by atoms with Crippen LogP contribution in [0.15, 0.2) is 27.6 Å². The highest BCUT2D eigenvalue weighted by Gasteiger charge is 2.47. The molecule has 1 saturated carbocycles. The molecule has 0 saturated heterocycles. The van der Waals surface area contributed by atoms with E-state index in [1.807, 2.05) is 24.5 Å². The first-order valence-corrected chi connectivity index (χ1v) is 7.19. The second-order valence-electron chi connectivity index (χ2n) is 4.09. The van der Waals surface area contributed by atoms with Gasteiger partial charge in [0.1, 0.15) is 0 Å². The molecule has 0 atom stereocenters. The molecule has 0 aliphatic heterocycles. The van der Waals surface area contributed by atoms with Gasteiger partial charge < -0.3 is 5.11 Å². The zero-order chi connectivity index (χ0) is 11.8. The number of carboxylic acid groups (broad SMARTS) is 1. The zero-order valence-corrected chi connectivity index (χ0v) is 11.4. The molecule has 2 nitrogen and oxygen atoms in total. The third-order valence-electron chi connectivity index (χ3n) is 3.29. The summed E-state index contributed by atoms with van der Waals surface area (Å²) in [5.41, 5.74) is 0.329. The van der Waals surface area contributed by atoms with E-state index >= 15 is 0 Å². The van der Waals surface area contributed by atoms with Crippen LogP contribution in [0.3, 0.4) is 0 Å². The fraction of sp³-hybridized carbons (Fsp3) is 0.417. The number of halogens is 1.